The number of imidazole rings is 3. The van der Waals surface area contributed by atoms with Crippen LogP contribution < -0.4 is 62.2 Å². The van der Waals surface area contributed by atoms with E-state index in [9.17, 15) is 58.2 Å². The number of aromatic amines is 4. The third-order valence-electron chi connectivity index (χ3n) is 23.8. The van der Waals surface area contributed by atoms with Gasteiger partial charge in [0.1, 0.15) is 115 Å². The number of nitrogens with one attached hydrogen (secondary N) is 4. The van der Waals surface area contributed by atoms with Gasteiger partial charge in [0, 0.05) is 77.3 Å². The lowest BCUT2D eigenvalue weighted by Crippen LogP contribution is -2.42. The number of hydrogen-bond donors (Lipinski definition) is 14. The number of nitrogens with zero attached hydrogens (tertiary/aromatic N) is 14. The van der Waals surface area contributed by atoms with Gasteiger partial charge in [-0.15, -0.1) is 0 Å². The van der Waals surface area contributed by atoms with Crippen molar-refractivity contribution < 1.29 is 150 Å². The van der Waals surface area contributed by atoms with Crippen LogP contribution in [0.15, 0.2) is 77.5 Å². The zero-order valence-electron chi connectivity index (χ0n) is 79.3. The molecule has 9 aromatic heterocycles. The number of methoxy groups -OCH3 is 5. The summed E-state index contributed by atoms with van der Waals surface area (Å²) in [6.45, 7) is -24.6. The van der Waals surface area contributed by atoms with Crippen molar-refractivity contribution in [2.45, 2.75) is 182 Å². The molecule has 0 aromatic carbocycles. The van der Waals surface area contributed by atoms with Crippen molar-refractivity contribution >= 4 is 150 Å². The highest BCUT2D eigenvalue weighted by Gasteiger charge is 2.58. The van der Waals surface area contributed by atoms with E-state index in [-0.39, 0.29) is 141 Å². The molecule has 6 aliphatic heterocycles. The predicted molar refractivity (Wildman–Crippen MR) is 524 cm³/mol. The Labute approximate surface area is 855 Å². The molecule has 0 bridgehead atoms. The maximum Gasteiger partial charge on any atom is 0.386 e. The smallest absolute Gasteiger partial charge is 0.386 e. The number of aromatic nitrogens is 18. The molecule has 28 atom stereocenters. The molecule has 812 valence electrons. The zero-order chi connectivity index (χ0) is 106. The van der Waals surface area contributed by atoms with Gasteiger partial charge in [-0.05, 0) is 74.4 Å². The van der Waals surface area contributed by atoms with E-state index in [0.29, 0.717) is 5.56 Å². The fourth-order valence-corrected chi connectivity index (χ4v) is 24.1. The molecule has 61 nitrogen and oxygen atoms in total. The Hall–Kier alpha value is -7.37. The van der Waals surface area contributed by atoms with Gasteiger partial charge in [0.2, 0.25) is 11.9 Å². The summed E-state index contributed by atoms with van der Waals surface area (Å²) < 4.78 is 183. The number of nitrogen functional groups attached to an aromatic ring is 4. The van der Waals surface area contributed by atoms with E-state index in [4.69, 9.17) is 191 Å². The summed E-state index contributed by atoms with van der Waals surface area (Å²) in [5.74, 6) is -0.726. The van der Waals surface area contributed by atoms with Crippen molar-refractivity contribution in [3.05, 3.63) is 133 Å². The minimum absolute atomic E-state index is 0.00361. The van der Waals surface area contributed by atoms with Crippen molar-refractivity contribution in [2.75, 3.05) is 158 Å². The van der Waals surface area contributed by atoms with Crippen molar-refractivity contribution in [3.63, 3.8) is 0 Å². The normalized spacial score (nSPS) is 29.0. The number of thiol groups is 1. The third kappa shape index (κ3) is 26.6. The molecule has 9 aromatic rings. The Morgan fingerprint density at radius 3 is 1.20 bits per heavy atom. The van der Waals surface area contributed by atoms with Gasteiger partial charge in [-0.25, -0.2) is 43.9 Å². The molecular weight excluding hydrogens is 2160 g/mol. The van der Waals surface area contributed by atoms with Crippen molar-refractivity contribution in [1.82, 2.24) is 87.2 Å². The van der Waals surface area contributed by atoms with Crippen LogP contribution in [0.1, 0.15) is 73.8 Å². The molecule has 6 saturated heterocycles. The quantitative estimate of drug-likeness (QED) is 0.0115. The Balaban J connectivity index is 0.723. The molecule has 6 fully saturated rings. The summed E-state index contributed by atoms with van der Waals surface area (Å²) in [4.78, 5) is 187. The highest BCUT2D eigenvalue weighted by atomic mass is 32.7. The van der Waals surface area contributed by atoms with Gasteiger partial charge in [-0.3, -0.25) is 89.1 Å². The number of anilines is 4. The van der Waals surface area contributed by atoms with Crippen LogP contribution in [0.5, 0.6) is 0 Å². The van der Waals surface area contributed by atoms with Gasteiger partial charge in [0.15, 0.2) is 64.9 Å². The molecule has 10 unspecified atom stereocenters. The summed E-state index contributed by atoms with van der Waals surface area (Å²) in [7, 11) is 6.84. The minimum Gasteiger partial charge on any atom is -0.387 e. The molecule has 0 spiro atoms. The Kier molecular flexibility index (Phi) is 37.9. The molecule has 6 aliphatic rings. The number of hydrogen-bond acceptors (Lipinski definition) is 51. The number of rotatable bonds is 52. The second kappa shape index (κ2) is 48.9. The number of fused-ring (bicyclic) bond motifs is 3. The first-order chi connectivity index (χ1) is 70.0. The Morgan fingerprint density at radius 1 is 0.401 bits per heavy atom. The lowest BCUT2D eigenvalue weighted by Gasteiger charge is -2.31. The molecule has 71 heteroatoms. The van der Waals surface area contributed by atoms with Crippen LogP contribution >= 0.6 is 45.9 Å². The first-order valence-electron chi connectivity index (χ1n) is 44.8. The molecule has 147 heavy (non-hydrogen) atoms. The number of ether oxygens (including phenoxy) is 16. The first kappa shape index (κ1) is 114. The van der Waals surface area contributed by atoms with Crippen molar-refractivity contribution in [3.8, 4) is 0 Å². The molecule has 0 aliphatic carbocycles. The van der Waals surface area contributed by atoms with Crippen LogP contribution in [0.4, 0.5) is 23.5 Å². The molecule has 0 radical (unpaired) electrons. The zero-order valence-corrected chi connectivity index (χ0v) is 88.0. The van der Waals surface area contributed by atoms with Crippen LogP contribution in [0.25, 0.3) is 33.5 Å². The highest BCUT2D eigenvalue weighted by Crippen LogP contribution is 2.60. The maximum absolute atomic E-state index is 15.6. The lowest BCUT2D eigenvalue weighted by atomic mass is 10.1. The summed E-state index contributed by atoms with van der Waals surface area (Å²) in [6.07, 6.45) is -26.3. The molecule has 15 heterocycles. The fourth-order valence-electron chi connectivity index (χ4n) is 16.9. The third-order valence-corrected chi connectivity index (χ3v) is 31.6. The lowest BCUT2D eigenvalue weighted by molar-refractivity contribution is -0.0830. The van der Waals surface area contributed by atoms with Crippen molar-refractivity contribution in [2.24, 2.45) is 0 Å². The van der Waals surface area contributed by atoms with Crippen LogP contribution in [0.3, 0.4) is 0 Å². The van der Waals surface area contributed by atoms with E-state index < -0.39 is 253 Å². The average Bonchev–Trinajstić information content (AvgIpc) is 1.60. The number of aryl methyl sites for hydroxylation is 3. The SMILES string of the molecule is CC[C@H]1O[C@@H](n2cnc3c(=O)[nH]c(N)nc32)C[C@H]1OP(O)(=S)OC[C@H]1O[C@@H](n2cc(C)c(=O)[nH]c2=O)C(OCCOC)[C@H]1OP(=O)(S)OC[C@H]1O[C@@H](n2cnc3c(=O)[nH]c(N)nc32)C(OCCOC)[C@H]1OP(O)(=S)OC[C@H]1O[C@@H](n2cc(C)c(=O)[nH]c2=O)C(OCCOC)[C@H]1OP(O)(=S)OC[C@H]1O[C@@H](n2cnc3c(N)ncnc32)C(OCCOC)[C@H]1OP(O)(=S)OC[C@H]1O[C@@H](n2cc(C)c(N)nc2=O)C(OCCOC)[C@H]1O. The summed E-state index contributed by atoms with van der Waals surface area (Å²) in [5.41, 5.74) is 18.3. The average molecular weight is 2270 g/mol. The van der Waals surface area contributed by atoms with E-state index >= 15 is 4.57 Å². The molecule has 17 N–H and O–H groups in total. The molecule has 0 amide bonds. The van der Waals surface area contributed by atoms with Gasteiger partial charge in [0.05, 0.1) is 130 Å². The van der Waals surface area contributed by atoms with Crippen LogP contribution in [-0.4, -0.2) is 350 Å². The van der Waals surface area contributed by atoms with Crippen LogP contribution in [-0.2, 0) is 173 Å². The number of aliphatic hydroxyl groups is 1. The Bertz CT molecular complexity index is 6850. The predicted octanol–water partition coefficient (Wildman–Crippen LogP) is -1.68. The fraction of sp³-hybridized carbons (Fsp3) is 0.645. The largest absolute Gasteiger partial charge is 0.387 e. The summed E-state index contributed by atoms with van der Waals surface area (Å²) >= 11 is 27.6. The van der Waals surface area contributed by atoms with E-state index in [1.54, 1.807) is 13.8 Å². The van der Waals surface area contributed by atoms with E-state index in [1.807, 2.05) is 0 Å². The van der Waals surface area contributed by atoms with Crippen LogP contribution in [0, 0.1) is 20.8 Å². The van der Waals surface area contributed by atoms with E-state index in [2.05, 4.69) is 72.1 Å². The van der Waals surface area contributed by atoms with Gasteiger partial charge >= 0.3 is 50.7 Å². The monoisotopic (exact) mass is 2270 g/mol. The minimum atomic E-state index is -5.13. The summed E-state index contributed by atoms with van der Waals surface area (Å²) in [5, 5.41) is 11.9. The van der Waals surface area contributed by atoms with Gasteiger partial charge in [0.25, 0.3) is 22.2 Å². The van der Waals surface area contributed by atoms with Crippen molar-refractivity contribution in [1.29, 1.82) is 0 Å². The van der Waals surface area contributed by atoms with Crippen LogP contribution in [0.2, 0.25) is 0 Å². The van der Waals surface area contributed by atoms with Gasteiger partial charge in [-0.2, -0.15) is 15.0 Å². The number of H-pyrrole nitrogens is 4. The summed E-state index contributed by atoms with van der Waals surface area (Å²) in [6, 6.07) is 0. The molecular formula is C76H109N22O39P5S5. The Morgan fingerprint density at radius 2 is 0.762 bits per heavy atom. The number of aliphatic hydroxyl groups excluding tert-OH is 1. The first-order valence-corrected chi connectivity index (χ1v) is 57.8. The standard InChI is InChI=1S/C76H109N22O39P5S5/c1-10-37-38(21-44(127-37)96-31-84-46-61(96)87-72(79)89-65(46)102)133-138(107,143)123-26-40-49(54(118-17-12-113-6)68(129-40)94-23-35(3)63(100)91-75(94)105)134-141(110,146)126-29-43-52(57(121-20-15-116-9)71(132-43)98-33-85-47-62(98)88-73(80)90-66(47)103)137-142(111,147)124-27-41-50(55(119-18-13-114-7)69(130-41)95-24-36(4)64(101)92-76(95)106)135-140(109,145)125-28-42-51(56(120-19-14-115-8)70(131-42)97-32-83-45-59(78)81-30-82-60(45)97)136-139(108,144)122-25-39-48(99)53(117-16-11-112-5)67(128-39)93-22-34(2)58(77)86-74(93)104/h22-24,30-33,37-44,48-57,67-71,99H,10-21,25-29H2,1-9H3,(H,107,143)(H,108,144)(H,109,145)(H,110,146)(H,111,147)(H2,77,86,104)(H2,78,81,82)(H,91,100,105)(H,92,101,106)(H3,79,87,89,102)(H3,80,88,90,103)/t37-,38-,39-,40-,41-,42-,43-,44-,48+,49+,50+,51+,52+,53?,54?,55?,56?,57?,67-,68-,69-,70-,71-,138?,139?,140?,141?,142?/m1/s1. The maximum atomic E-state index is 15.6. The highest BCUT2D eigenvalue weighted by molar-refractivity contribution is 8.44. The van der Waals surface area contributed by atoms with Gasteiger partial charge in [-0.1, -0.05) is 19.2 Å². The van der Waals surface area contributed by atoms with Gasteiger partial charge < -0.3 is 146 Å². The van der Waals surface area contributed by atoms with E-state index in [0.717, 1.165) is 38.7 Å². The molecule has 0 saturated carbocycles. The second-order valence-corrected chi connectivity index (χ2v) is 47.6. The van der Waals surface area contributed by atoms with E-state index in [1.165, 1.54) is 81.9 Å². The number of nitrogens with two attached hydrogens (primary N) is 4. The molecule has 15 rings (SSSR count). The topological polar surface area (TPSA) is 778 Å². The second-order valence-electron chi connectivity index (χ2n) is 33.6.